The number of Topliss-reactive ketones (excluding diaryl/α,β-unsaturated/α-hetero) is 1. The summed E-state index contributed by atoms with van der Waals surface area (Å²) in [6, 6.07) is 15.5. The van der Waals surface area contributed by atoms with Gasteiger partial charge in [-0.3, -0.25) is 4.79 Å². The summed E-state index contributed by atoms with van der Waals surface area (Å²) in [6.45, 7) is 0. The zero-order chi connectivity index (χ0) is 13.9. The first-order chi connectivity index (χ1) is 9.74. The zero-order valence-corrected chi connectivity index (χ0v) is 11.9. The molecule has 0 heterocycles. The molecule has 3 rings (SSSR count). The van der Waals surface area contributed by atoms with Crippen LogP contribution in [0.3, 0.4) is 0 Å². The van der Waals surface area contributed by atoms with E-state index in [1.54, 1.807) is 0 Å². The highest BCUT2D eigenvalue weighted by Crippen LogP contribution is 2.26. The first-order valence-corrected chi connectivity index (χ1v) is 7.20. The normalized spacial score (nSPS) is 16.9. The van der Waals surface area contributed by atoms with E-state index in [0.717, 1.165) is 41.5 Å². The largest absolute Gasteiger partial charge is 0.289 e. The Hall–Kier alpha value is -1.86. The van der Waals surface area contributed by atoms with Crippen LogP contribution in [0.15, 0.2) is 54.1 Å². The molecule has 0 fully saturated rings. The number of hydrogen-bond donors (Lipinski definition) is 0. The van der Waals surface area contributed by atoms with Gasteiger partial charge in [0.1, 0.15) is 0 Å². The Labute approximate surface area is 123 Å². The molecule has 0 saturated carbocycles. The lowest BCUT2D eigenvalue weighted by molar-refractivity contribution is 0.103. The Balaban J connectivity index is 1.98. The minimum absolute atomic E-state index is 0.160. The summed E-state index contributed by atoms with van der Waals surface area (Å²) >= 11 is 5.89. The molecule has 1 aliphatic carbocycles. The Morgan fingerprint density at radius 2 is 1.70 bits per heavy atom. The molecule has 0 radical (unpaired) electrons. The van der Waals surface area contributed by atoms with Crippen molar-refractivity contribution in [1.29, 1.82) is 0 Å². The van der Waals surface area contributed by atoms with E-state index in [1.807, 2.05) is 48.5 Å². The van der Waals surface area contributed by atoms with Crippen molar-refractivity contribution in [3.63, 3.8) is 0 Å². The Morgan fingerprint density at radius 1 is 0.950 bits per heavy atom. The smallest absolute Gasteiger partial charge is 0.189 e. The third kappa shape index (κ3) is 2.68. The van der Waals surface area contributed by atoms with Crippen LogP contribution in [-0.2, 0) is 6.42 Å². The van der Waals surface area contributed by atoms with Gasteiger partial charge in [0.2, 0.25) is 0 Å². The topological polar surface area (TPSA) is 17.1 Å². The molecular weight excluding hydrogens is 268 g/mol. The Kier molecular flexibility index (Phi) is 3.70. The lowest BCUT2D eigenvalue weighted by Gasteiger charge is -2.05. The van der Waals surface area contributed by atoms with Crippen molar-refractivity contribution >= 4 is 23.5 Å². The van der Waals surface area contributed by atoms with Crippen LogP contribution in [0.25, 0.3) is 6.08 Å². The lowest BCUT2D eigenvalue weighted by atomic mass is 9.98. The summed E-state index contributed by atoms with van der Waals surface area (Å²) in [4.78, 5) is 12.6. The molecule has 0 spiro atoms. The number of allylic oxidation sites excluding steroid dienone is 1. The Bertz CT molecular complexity index is 668. The maximum Gasteiger partial charge on any atom is 0.189 e. The van der Waals surface area contributed by atoms with Gasteiger partial charge in [-0.1, -0.05) is 48.0 Å². The number of ketones is 1. The van der Waals surface area contributed by atoms with E-state index < -0.39 is 0 Å². The van der Waals surface area contributed by atoms with Gasteiger partial charge in [-0.25, -0.2) is 0 Å². The quantitative estimate of drug-likeness (QED) is 0.535. The first-order valence-electron chi connectivity index (χ1n) is 6.83. The number of fused-ring (bicyclic) bond motifs is 1. The monoisotopic (exact) mass is 282 g/mol. The van der Waals surface area contributed by atoms with E-state index in [-0.39, 0.29) is 5.78 Å². The summed E-state index contributed by atoms with van der Waals surface area (Å²) in [7, 11) is 0. The molecule has 20 heavy (non-hydrogen) atoms. The molecular formula is C18H15ClO. The minimum Gasteiger partial charge on any atom is -0.289 e. The number of aryl methyl sites for hydroxylation is 1. The van der Waals surface area contributed by atoms with Gasteiger partial charge in [-0.05, 0) is 48.6 Å². The van der Waals surface area contributed by atoms with Gasteiger partial charge in [-0.2, -0.15) is 0 Å². The van der Waals surface area contributed by atoms with Crippen molar-refractivity contribution in [1.82, 2.24) is 0 Å². The van der Waals surface area contributed by atoms with Crippen LogP contribution in [0, 0.1) is 0 Å². The average Bonchev–Trinajstić information content (AvgIpc) is 2.62. The highest BCUT2D eigenvalue weighted by Gasteiger charge is 2.19. The molecule has 2 heteroatoms. The molecule has 100 valence electrons. The van der Waals surface area contributed by atoms with E-state index in [4.69, 9.17) is 11.6 Å². The zero-order valence-electron chi connectivity index (χ0n) is 11.1. The van der Waals surface area contributed by atoms with Gasteiger partial charge in [0.25, 0.3) is 0 Å². The summed E-state index contributed by atoms with van der Waals surface area (Å²) in [5.41, 5.74) is 3.93. The molecule has 1 nitrogen and oxygen atoms in total. The van der Waals surface area contributed by atoms with Gasteiger partial charge < -0.3 is 0 Å². The predicted molar refractivity (Wildman–Crippen MR) is 83.1 cm³/mol. The van der Waals surface area contributed by atoms with E-state index in [0.29, 0.717) is 5.02 Å². The second-order valence-electron chi connectivity index (χ2n) is 5.06. The van der Waals surface area contributed by atoms with Crippen molar-refractivity contribution < 1.29 is 4.79 Å². The fourth-order valence-electron chi connectivity index (χ4n) is 2.61. The number of carbonyl (C=O) groups excluding carboxylic acids is 1. The lowest BCUT2D eigenvalue weighted by Crippen LogP contribution is -2.03. The minimum atomic E-state index is 0.160. The Morgan fingerprint density at radius 3 is 2.50 bits per heavy atom. The van der Waals surface area contributed by atoms with Crippen molar-refractivity contribution in [3.05, 3.63) is 75.8 Å². The van der Waals surface area contributed by atoms with Crippen LogP contribution in [-0.4, -0.2) is 5.78 Å². The van der Waals surface area contributed by atoms with E-state index in [2.05, 4.69) is 6.07 Å². The van der Waals surface area contributed by atoms with Gasteiger partial charge in [-0.15, -0.1) is 0 Å². The highest BCUT2D eigenvalue weighted by atomic mass is 35.5. The molecule has 0 N–H and O–H groups in total. The van der Waals surface area contributed by atoms with Gasteiger partial charge in [0.15, 0.2) is 5.78 Å². The average molecular weight is 283 g/mol. The molecule has 0 bridgehead atoms. The summed E-state index contributed by atoms with van der Waals surface area (Å²) in [6.07, 6.45) is 4.80. The maximum absolute atomic E-state index is 12.6. The van der Waals surface area contributed by atoms with Crippen molar-refractivity contribution in [3.8, 4) is 0 Å². The van der Waals surface area contributed by atoms with Crippen LogP contribution >= 0.6 is 11.6 Å². The molecule has 0 saturated heterocycles. The van der Waals surface area contributed by atoms with E-state index >= 15 is 0 Å². The van der Waals surface area contributed by atoms with Gasteiger partial charge >= 0.3 is 0 Å². The van der Waals surface area contributed by atoms with Crippen LogP contribution < -0.4 is 0 Å². The first kappa shape index (κ1) is 13.1. The summed E-state index contributed by atoms with van der Waals surface area (Å²) in [5.74, 6) is 0.160. The van der Waals surface area contributed by atoms with Crippen LogP contribution in [0.5, 0.6) is 0 Å². The number of carbonyl (C=O) groups is 1. The number of halogens is 1. The van der Waals surface area contributed by atoms with Crippen LogP contribution in [0.2, 0.25) is 5.02 Å². The molecule has 0 aromatic heterocycles. The second kappa shape index (κ2) is 5.64. The highest BCUT2D eigenvalue weighted by molar-refractivity contribution is 6.30. The third-order valence-electron chi connectivity index (χ3n) is 3.66. The maximum atomic E-state index is 12.6. The second-order valence-corrected chi connectivity index (χ2v) is 5.50. The van der Waals surface area contributed by atoms with Crippen molar-refractivity contribution in [2.75, 3.05) is 0 Å². The fraction of sp³-hybridized carbons (Fsp3) is 0.167. The van der Waals surface area contributed by atoms with Crippen LogP contribution in [0.1, 0.15) is 34.3 Å². The van der Waals surface area contributed by atoms with Gasteiger partial charge in [0.05, 0.1) is 0 Å². The third-order valence-corrected chi connectivity index (χ3v) is 3.91. The number of hydrogen-bond acceptors (Lipinski definition) is 1. The van der Waals surface area contributed by atoms with E-state index in [9.17, 15) is 4.79 Å². The van der Waals surface area contributed by atoms with Crippen molar-refractivity contribution in [2.45, 2.75) is 19.3 Å². The van der Waals surface area contributed by atoms with Gasteiger partial charge in [0, 0.05) is 16.2 Å². The fourth-order valence-corrected chi connectivity index (χ4v) is 2.74. The summed E-state index contributed by atoms with van der Waals surface area (Å²) in [5, 5.41) is 0.713. The molecule has 1 aliphatic rings. The number of benzene rings is 2. The molecule has 0 unspecified atom stereocenters. The summed E-state index contributed by atoms with van der Waals surface area (Å²) < 4.78 is 0. The number of rotatable bonds is 1. The molecule has 2 aromatic carbocycles. The molecule has 0 aliphatic heterocycles. The van der Waals surface area contributed by atoms with Crippen molar-refractivity contribution in [2.24, 2.45) is 0 Å². The predicted octanol–water partition coefficient (Wildman–Crippen LogP) is 4.94. The molecule has 0 amide bonds. The van der Waals surface area contributed by atoms with E-state index in [1.165, 1.54) is 0 Å². The SMILES string of the molecule is O=C1/C(=C\c2ccc(Cl)cc2)CCCc2ccccc21. The molecule has 2 aromatic rings. The molecule has 0 atom stereocenters. The van der Waals surface area contributed by atoms with Crippen LogP contribution in [0.4, 0.5) is 0 Å². The standard InChI is InChI=1S/C18H15ClO/c19-16-10-8-13(9-11-16)12-15-6-3-5-14-4-1-2-7-17(14)18(15)20/h1-2,4,7-12H,3,5-6H2/b15-12-.